The van der Waals surface area contributed by atoms with Gasteiger partial charge in [-0.1, -0.05) is 0 Å². The normalized spacial score (nSPS) is 39.2. The molecule has 2 rings (SSSR count). The molecule has 1 amide bonds. The highest BCUT2D eigenvalue weighted by atomic mass is 32.3. The van der Waals surface area contributed by atoms with Crippen molar-refractivity contribution in [1.29, 1.82) is 0 Å². The van der Waals surface area contributed by atoms with E-state index >= 15 is 0 Å². The van der Waals surface area contributed by atoms with E-state index in [0.717, 1.165) is 6.92 Å². The largest absolute Gasteiger partial charge is 0.477 e. The third-order valence-corrected chi connectivity index (χ3v) is 5.99. The fourth-order valence-electron chi connectivity index (χ4n) is 3.81. The third-order valence-electron chi connectivity index (χ3n) is 5.55. The number of carboxylic acids is 1. The predicted molar refractivity (Wildman–Crippen MR) is 108 cm³/mol. The van der Waals surface area contributed by atoms with Crippen molar-refractivity contribution in [3.63, 3.8) is 0 Å². The standard InChI is InChI=1S/C17H29NO17S/c1-5(20)18-9-6(21)2-17(16(27)28,34-13(9)10(23)7(22)3-19)35-14-11(24)8(4-32-36(29,30)31)33-15(26)12(14)25/h6-15,19,21-26H,2-4H2,1H3,(H,18,20)(H,27,28)(H,29,30,31)/t6-,7+,8+,9+,10+,11-,12+,13+,14-,15+,17-/m0/s1. The molecule has 2 aliphatic heterocycles. The predicted octanol–water partition coefficient (Wildman–Crippen LogP) is -6.22. The number of carbonyl (C=O) groups excluding carboxylic acids is 1. The van der Waals surface area contributed by atoms with E-state index in [1.807, 2.05) is 0 Å². The van der Waals surface area contributed by atoms with Gasteiger partial charge in [0.25, 0.3) is 5.79 Å². The maximum atomic E-state index is 12.2. The van der Waals surface area contributed by atoms with Gasteiger partial charge in [-0.3, -0.25) is 9.35 Å². The van der Waals surface area contributed by atoms with Crippen LogP contribution >= 0.6 is 0 Å². The molecule has 11 atom stereocenters. The van der Waals surface area contributed by atoms with Crippen molar-refractivity contribution >= 4 is 22.3 Å². The Morgan fingerprint density at radius 1 is 1.17 bits per heavy atom. The van der Waals surface area contributed by atoms with Crippen LogP contribution in [-0.2, 0) is 38.4 Å². The molecule has 0 saturated carbocycles. The molecule has 0 aromatic carbocycles. The number of carboxylic acid groups (broad SMARTS) is 1. The molecule has 0 aromatic heterocycles. The van der Waals surface area contributed by atoms with Gasteiger partial charge >= 0.3 is 16.4 Å². The topological polar surface area (TPSA) is 299 Å². The van der Waals surface area contributed by atoms with Crippen molar-refractivity contribution in [2.45, 2.75) is 80.3 Å². The van der Waals surface area contributed by atoms with Crippen molar-refractivity contribution in [2.75, 3.05) is 13.2 Å². The quantitative estimate of drug-likeness (QED) is 0.113. The number of aliphatic hydroxyl groups excluding tert-OH is 7. The summed E-state index contributed by atoms with van der Waals surface area (Å²) in [6.07, 6.45) is -19.2. The molecule has 10 N–H and O–H groups in total. The van der Waals surface area contributed by atoms with E-state index in [4.69, 9.17) is 23.9 Å². The first-order chi connectivity index (χ1) is 16.5. The van der Waals surface area contributed by atoms with Gasteiger partial charge in [0.1, 0.15) is 42.7 Å². The molecular weight excluding hydrogens is 522 g/mol. The molecule has 0 aromatic rings. The summed E-state index contributed by atoms with van der Waals surface area (Å²) in [5, 5.41) is 82.8. The molecule has 0 bridgehead atoms. The number of hydrogen-bond donors (Lipinski definition) is 10. The third kappa shape index (κ3) is 7.04. The number of amides is 1. The Hall–Kier alpha value is -1.59. The van der Waals surface area contributed by atoms with Crippen molar-refractivity contribution in [3.8, 4) is 0 Å². The fourth-order valence-corrected chi connectivity index (χ4v) is 4.12. The van der Waals surface area contributed by atoms with Gasteiger partial charge in [-0.15, -0.1) is 0 Å². The van der Waals surface area contributed by atoms with Crippen LogP contribution in [0, 0.1) is 0 Å². The van der Waals surface area contributed by atoms with Crippen molar-refractivity contribution in [1.82, 2.24) is 5.32 Å². The van der Waals surface area contributed by atoms with Crippen molar-refractivity contribution in [3.05, 3.63) is 0 Å². The highest BCUT2D eigenvalue weighted by Gasteiger charge is 2.59. The summed E-state index contributed by atoms with van der Waals surface area (Å²) in [4.78, 5) is 23.8. The van der Waals surface area contributed by atoms with Gasteiger partial charge in [-0.2, -0.15) is 8.42 Å². The highest BCUT2D eigenvalue weighted by molar-refractivity contribution is 7.80. The summed E-state index contributed by atoms with van der Waals surface area (Å²) in [6.45, 7) is -1.12. The second-order valence-electron chi connectivity index (χ2n) is 8.22. The second kappa shape index (κ2) is 11.9. The van der Waals surface area contributed by atoms with Crippen LogP contribution in [0.25, 0.3) is 0 Å². The van der Waals surface area contributed by atoms with Crippen LogP contribution in [0.15, 0.2) is 0 Å². The Bertz CT molecular complexity index is 886. The van der Waals surface area contributed by atoms with Gasteiger partial charge in [0, 0.05) is 13.3 Å². The summed E-state index contributed by atoms with van der Waals surface area (Å²) in [5.74, 6) is -5.74. The zero-order chi connectivity index (χ0) is 27.6. The van der Waals surface area contributed by atoms with Gasteiger partial charge < -0.3 is 60.4 Å². The molecule has 2 heterocycles. The Morgan fingerprint density at radius 3 is 2.28 bits per heavy atom. The van der Waals surface area contributed by atoms with Gasteiger partial charge in [0.15, 0.2) is 6.29 Å². The molecule has 19 heteroatoms. The lowest BCUT2D eigenvalue weighted by Gasteiger charge is -2.49. The van der Waals surface area contributed by atoms with E-state index < -0.39 is 109 Å². The van der Waals surface area contributed by atoms with Crippen LogP contribution in [0.4, 0.5) is 0 Å². The number of aliphatic carboxylic acids is 1. The zero-order valence-corrected chi connectivity index (χ0v) is 19.4. The smallest absolute Gasteiger partial charge is 0.397 e. The molecule has 18 nitrogen and oxygen atoms in total. The summed E-state index contributed by atoms with van der Waals surface area (Å²) < 4.78 is 49.9. The molecule has 0 aliphatic carbocycles. The van der Waals surface area contributed by atoms with E-state index in [1.54, 1.807) is 0 Å². The van der Waals surface area contributed by atoms with Gasteiger partial charge in [0.05, 0.1) is 25.4 Å². The number of rotatable bonds is 10. The first kappa shape index (κ1) is 30.6. The van der Waals surface area contributed by atoms with E-state index in [9.17, 15) is 53.8 Å². The molecule has 210 valence electrons. The summed E-state index contributed by atoms with van der Waals surface area (Å²) in [6, 6.07) is -1.53. The van der Waals surface area contributed by atoms with Crippen LogP contribution in [0.1, 0.15) is 13.3 Å². The zero-order valence-electron chi connectivity index (χ0n) is 18.6. The Labute approximate surface area is 203 Å². The van der Waals surface area contributed by atoms with Crippen LogP contribution in [0.2, 0.25) is 0 Å². The van der Waals surface area contributed by atoms with Crippen molar-refractivity contribution < 1.29 is 81.8 Å². The van der Waals surface area contributed by atoms with E-state index in [-0.39, 0.29) is 0 Å². The first-order valence-corrected chi connectivity index (χ1v) is 11.7. The molecule has 0 unspecified atom stereocenters. The average Bonchev–Trinajstić information content (AvgIpc) is 2.77. The maximum absolute atomic E-state index is 12.2. The minimum absolute atomic E-state index is 0.748. The molecule has 0 spiro atoms. The lowest BCUT2D eigenvalue weighted by atomic mass is 9.88. The molecule has 2 saturated heterocycles. The highest BCUT2D eigenvalue weighted by Crippen LogP contribution is 2.37. The van der Waals surface area contributed by atoms with Gasteiger partial charge in [-0.25, -0.2) is 8.98 Å². The lowest BCUT2D eigenvalue weighted by Crippen LogP contribution is -2.70. The van der Waals surface area contributed by atoms with Crippen LogP contribution < -0.4 is 5.32 Å². The van der Waals surface area contributed by atoms with Gasteiger partial charge in [0.2, 0.25) is 5.91 Å². The van der Waals surface area contributed by atoms with Gasteiger partial charge in [-0.05, 0) is 0 Å². The van der Waals surface area contributed by atoms with Crippen LogP contribution in [0.5, 0.6) is 0 Å². The van der Waals surface area contributed by atoms with E-state index in [0.29, 0.717) is 0 Å². The summed E-state index contributed by atoms with van der Waals surface area (Å²) in [7, 11) is -5.03. The molecule has 2 fully saturated rings. The van der Waals surface area contributed by atoms with Crippen LogP contribution in [0.3, 0.4) is 0 Å². The lowest BCUT2D eigenvalue weighted by molar-refractivity contribution is -0.365. The molecule has 0 radical (unpaired) electrons. The summed E-state index contributed by atoms with van der Waals surface area (Å²) in [5.41, 5.74) is 0. The maximum Gasteiger partial charge on any atom is 0.397 e. The number of nitrogens with one attached hydrogen (secondary N) is 1. The molecule has 36 heavy (non-hydrogen) atoms. The van der Waals surface area contributed by atoms with Crippen molar-refractivity contribution in [2.24, 2.45) is 0 Å². The minimum atomic E-state index is -5.03. The second-order valence-corrected chi connectivity index (χ2v) is 9.31. The first-order valence-electron chi connectivity index (χ1n) is 10.4. The number of hydrogen-bond acceptors (Lipinski definition) is 15. The minimum Gasteiger partial charge on any atom is -0.477 e. The SMILES string of the molecule is CC(=O)N[C@H]1[C@H]([C@H](O)[C@H](O)CO)O[C@@](O[C@@H]2[C@@H](O)[C@H](O)O[C@H](COS(=O)(=O)O)[C@@H]2O)(C(=O)O)C[C@@H]1O. The average molecular weight is 551 g/mol. The number of carbonyl (C=O) groups is 2. The molecular formula is C17H29NO17S. The number of ether oxygens (including phenoxy) is 3. The number of aliphatic hydroxyl groups is 7. The molecule has 2 aliphatic rings. The monoisotopic (exact) mass is 551 g/mol. The van der Waals surface area contributed by atoms with E-state index in [1.165, 1.54) is 0 Å². The Kier molecular flexibility index (Phi) is 10.1. The Balaban J connectivity index is 2.41. The fraction of sp³-hybridized carbons (Fsp3) is 0.882. The van der Waals surface area contributed by atoms with E-state index in [2.05, 4.69) is 9.50 Å². The van der Waals surface area contributed by atoms with Crippen LogP contribution in [-0.4, -0.2) is 146 Å². The summed E-state index contributed by atoms with van der Waals surface area (Å²) >= 11 is 0. The Morgan fingerprint density at radius 2 is 1.78 bits per heavy atom.